The van der Waals surface area contributed by atoms with E-state index in [9.17, 15) is 4.79 Å². The lowest BCUT2D eigenvalue weighted by Gasteiger charge is -2.25. The van der Waals surface area contributed by atoms with Crippen molar-refractivity contribution in [3.63, 3.8) is 0 Å². The van der Waals surface area contributed by atoms with Crippen LogP contribution in [0.4, 0.5) is 0 Å². The first kappa shape index (κ1) is 19.6. The molecule has 1 aliphatic rings. The van der Waals surface area contributed by atoms with Gasteiger partial charge < -0.3 is 9.80 Å². The molecule has 1 aliphatic heterocycles. The summed E-state index contributed by atoms with van der Waals surface area (Å²) in [6.45, 7) is 6.36. The van der Waals surface area contributed by atoms with E-state index >= 15 is 0 Å². The molecule has 1 amide bonds. The zero-order valence-corrected chi connectivity index (χ0v) is 17.2. The number of hydrogen-bond acceptors (Lipinski definition) is 4. The second kappa shape index (κ2) is 9.18. The molecule has 3 rings (SSSR count). The summed E-state index contributed by atoms with van der Waals surface area (Å²) in [5.41, 5.74) is 1.83. The lowest BCUT2D eigenvalue weighted by Crippen LogP contribution is -2.38. The lowest BCUT2D eigenvalue weighted by molar-refractivity contribution is -0.131. The number of aromatic nitrogens is 1. The number of rotatable bonds is 7. The topological polar surface area (TPSA) is 36.4 Å². The molecule has 1 aromatic carbocycles. The highest BCUT2D eigenvalue weighted by molar-refractivity contribution is 7.09. The number of likely N-dealkylation sites (tertiary alicyclic amines) is 1. The van der Waals surface area contributed by atoms with Crippen molar-refractivity contribution >= 4 is 40.4 Å². The van der Waals surface area contributed by atoms with Crippen LogP contribution in [0, 0.1) is 6.92 Å². The van der Waals surface area contributed by atoms with Crippen molar-refractivity contribution in [1.29, 1.82) is 0 Å². The first-order valence-corrected chi connectivity index (χ1v) is 10.5. The average Bonchev–Trinajstić information content (AvgIpc) is 3.26. The maximum Gasteiger partial charge on any atom is 0.228 e. The van der Waals surface area contributed by atoms with Gasteiger partial charge in [0.25, 0.3) is 0 Å². The normalized spacial score (nSPS) is 14.7. The fraction of sp³-hybridized carbons (Fsp3) is 0.474. The van der Waals surface area contributed by atoms with E-state index in [1.807, 2.05) is 29.3 Å². The Morgan fingerprint density at radius 1 is 1.27 bits per heavy atom. The van der Waals surface area contributed by atoms with E-state index in [0.717, 1.165) is 35.9 Å². The van der Waals surface area contributed by atoms with Crippen LogP contribution < -0.4 is 0 Å². The Balaban J connectivity index is 1.68. The molecular weight excluding hydrogens is 389 g/mol. The molecule has 0 saturated carbocycles. The molecule has 26 heavy (non-hydrogen) atoms. The Labute approximate surface area is 168 Å². The van der Waals surface area contributed by atoms with Gasteiger partial charge in [-0.05, 0) is 50.6 Å². The molecule has 4 nitrogen and oxygen atoms in total. The molecule has 0 N–H and O–H groups in total. The van der Waals surface area contributed by atoms with E-state index < -0.39 is 0 Å². The summed E-state index contributed by atoms with van der Waals surface area (Å²) in [6.07, 6.45) is 2.84. The predicted molar refractivity (Wildman–Crippen MR) is 108 cm³/mol. The van der Waals surface area contributed by atoms with E-state index in [1.54, 1.807) is 17.4 Å². The van der Waals surface area contributed by atoms with Crippen LogP contribution in [0.2, 0.25) is 10.0 Å². The predicted octanol–water partition coefficient (Wildman–Crippen LogP) is 4.43. The van der Waals surface area contributed by atoms with Gasteiger partial charge in [0, 0.05) is 25.0 Å². The van der Waals surface area contributed by atoms with Gasteiger partial charge >= 0.3 is 0 Å². The minimum atomic E-state index is 0.0977. The lowest BCUT2D eigenvalue weighted by atomic mass is 10.2. The second-order valence-corrected chi connectivity index (χ2v) is 8.52. The number of carbonyl (C=O) groups is 1. The summed E-state index contributed by atoms with van der Waals surface area (Å²) >= 11 is 13.7. The number of hydrogen-bond donors (Lipinski definition) is 0. The average molecular weight is 412 g/mol. The standard InChI is InChI=1S/C19H23Cl2N3OS/c1-14-22-16(13-26-14)11-19(25)24(9-8-23-6-2-3-7-23)12-15-4-5-17(20)18(21)10-15/h4-5,10,13H,2-3,6-9,11-12H2,1H3. The SMILES string of the molecule is Cc1nc(CC(=O)N(CCN2CCCC2)Cc2ccc(Cl)c(Cl)c2)cs1. The minimum absolute atomic E-state index is 0.0977. The van der Waals surface area contributed by atoms with Crippen molar-refractivity contribution in [1.82, 2.24) is 14.8 Å². The Morgan fingerprint density at radius 2 is 2.04 bits per heavy atom. The number of thiazole rings is 1. The maximum absolute atomic E-state index is 12.9. The van der Waals surface area contributed by atoms with E-state index in [0.29, 0.717) is 29.6 Å². The van der Waals surface area contributed by atoms with Crippen molar-refractivity contribution in [2.75, 3.05) is 26.2 Å². The zero-order chi connectivity index (χ0) is 18.5. The smallest absolute Gasteiger partial charge is 0.228 e. The van der Waals surface area contributed by atoms with Crippen LogP contribution in [0.5, 0.6) is 0 Å². The largest absolute Gasteiger partial charge is 0.337 e. The van der Waals surface area contributed by atoms with Crippen molar-refractivity contribution in [3.8, 4) is 0 Å². The van der Waals surface area contributed by atoms with Gasteiger partial charge in [-0.3, -0.25) is 4.79 Å². The van der Waals surface area contributed by atoms with Crippen LogP contribution >= 0.6 is 34.5 Å². The molecule has 0 unspecified atom stereocenters. The van der Waals surface area contributed by atoms with Crippen molar-refractivity contribution in [3.05, 3.63) is 49.9 Å². The van der Waals surface area contributed by atoms with Gasteiger partial charge in [0.05, 0.1) is 27.2 Å². The van der Waals surface area contributed by atoms with Gasteiger partial charge in [0.1, 0.15) is 0 Å². The third kappa shape index (κ3) is 5.43. The van der Waals surface area contributed by atoms with Gasteiger partial charge in [-0.25, -0.2) is 4.98 Å². The van der Waals surface area contributed by atoms with Gasteiger partial charge in [-0.15, -0.1) is 11.3 Å². The van der Waals surface area contributed by atoms with Crippen LogP contribution in [0.25, 0.3) is 0 Å². The number of benzene rings is 1. The summed E-state index contributed by atoms with van der Waals surface area (Å²) in [4.78, 5) is 21.6. The zero-order valence-electron chi connectivity index (χ0n) is 14.9. The quantitative estimate of drug-likeness (QED) is 0.675. The molecular formula is C19H23Cl2N3OS. The van der Waals surface area contributed by atoms with Crippen LogP contribution in [-0.2, 0) is 17.8 Å². The van der Waals surface area contributed by atoms with Gasteiger partial charge in [-0.1, -0.05) is 29.3 Å². The third-order valence-electron chi connectivity index (χ3n) is 4.59. The summed E-state index contributed by atoms with van der Waals surface area (Å²) < 4.78 is 0. The monoisotopic (exact) mass is 411 g/mol. The third-order valence-corrected chi connectivity index (χ3v) is 6.16. The molecule has 1 fully saturated rings. The molecule has 0 bridgehead atoms. The molecule has 2 heterocycles. The van der Waals surface area contributed by atoms with E-state index in [-0.39, 0.29) is 5.91 Å². The number of nitrogens with zero attached hydrogens (tertiary/aromatic N) is 3. The molecule has 140 valence electrons. The highest BCUT2D eigenvalue weighted by Crippen LogP contribution is 2.23. The van der Waals surface area contributed by atoms with Crippen LogP contribution in [0.15, 0.2) is 23.6 Å². The Kier molecular flexibility index (Phi) is 6.92. The summed E-state index contributed by atoms with van der Waals surface area (Å²) in [5.74, 6) is 0.0977. The van der Waals surface area contributed by atoms with E-state index in [2.05, 4.69) is 9.88 Å². The number of aryl methyl sites for hydroxylation is 1. The molecule has 7 heteroatoms. The van der Waals surface area contributed by atoms with Crippen LogP contribution in [0.1, 0.15) is 29.1 Å². The molecule has 0 radical (unpaired) electrons. The highest BCUT2D eigenvalue weighted by atomic mass is 35.5. The van der Waals surface area contributed by atoms with Gasteiger partial charge in [0.15, 0.2) is 0 Å². The number of amides is 1. The summed E-state index contributed by atoms with van der Waals surface area (Å²) in [5, 5.41) is 4.00. The molecule has 2 aromatic rings. The van der Waals surface area contributed by atoms with Gasteiger partial charge in [0.2, 0.25) is 5.91 Å². The second-order valence-electron chi connectivity index (χ2n) is 6.65. The van der Waals surface area contributed by atoms with E-state index in [4.69, 9.17) is 23.2 Å². The van der Waals surface area contributed by atoms with Gasteiger partial charge in [-0.2, -0.15) is 0 Å². The molecule has 1 saturated heterocycles. The van der Waals surface area contributed by atoms with Crippen LogP contribution in [-0.4, -0.2) is 46.9 Å². The Hall–Kier alpha value is -1.14. The Bertz CT molecular complexity index is 759. The fourth-order valence-electron chi connectivity index (χ4n) is 3.17. The number of halogens is 2. The molecule has 0 atom stereocenters. The summed E-state index contributed by atoms with van der Waals surface area (Å²) in [7, 11) is 0. The van der Waals surface area contributed by atoms with Crippen molar-refractivity contribution in [2.45, 2.75) is 32.7 Å². The van der Waals surface area contributed by atoms with Crippen molar-refractivity contribution < 1.29 is 4.79 Å². The first-order valence-electron chi connectivity index (χ1n) is 8.86. The van der Waals surface area contributed by atoms with Crippen LogP contribution in [0.3, 0.4) is 0 Å². The molecule has 0 spiro atoms. The first-order chi connectivity index (χ1) is 12.5. The number of carbonyl (C=O) groups excluding carboxylic acids is 1. The van der Waals surface area contributed by atoms with E-state index in [1.165, 1.54) is 12.8 Å². The fourth-order valence-corrected chi connectivity index (χ4v) is 4.11. The highest BCUT2D eigenvalue weighted by Gasteiger charge is 2.19. The Morgan fingerprint density at radius 3 is 2.69 bits per heavy atom. The minimum Gasteiger partial charge on any atom is -0.337 e. The molecule has 1 aromatic heterocycles. The molecule has 0 aliphatic carbocycles. The maximum atomic E-state index is 12.9. The summed E-state index contributed by atoms with van der Waals surface area (Å²) in [6, 6.07) is 5.55. The van der Waals surface area contributed by atoms with Crippen molar-refractivity contribution in [2.24, 2.45) is 0 Å².